The lowest BCUT2D eigenvalue weighted by atomic mass is 10.2. The molecule has 0 radical (unpaired) electrons. The average molecular weight is 390 g/mol. The molecule has 4 aromatic rings. The van der Waals surface area contributed by atoms with E-state index in [-0.39, 0.29) is 0 Å². The molecule has 7 nitrogen and oxygen atoms in total. The van der Waals surface area contributed by atoms with Crippen molar-refractivity contribution in [1.82, 2.24) is 20.2 Å². The molecule has 2 heterocycles. The highest BCUT2D eigenvalue weighted by Crippen LogP contribution is 2.21. The van der Waals surface area contributed by atoms with Gasteiger partial charge in [-0.3, -0.25) is 5.10 Å². The Morgan fingerprint density at radius 1 is 0.897 bits per heavy atom. The lowest BCUT2D eigenvalue weighted by molar-refractivity contribution is 0.296. The third-order valence-corrected chi connectivity index (χ3v) is 4.46. The van der Waals surface area contributed by atoms with Crippen LogP contribution in [0.2, 0.25) is 0 Å². The second-order valence-corrected chi connectivity index (χ2v) is 6.51. The maximum Gasteiger partial charge on any atom is 0.137 e. The van der Waals surface area contributed by atoms with Crippen LogP contribution in [-0.2, 0) is 13.0 Å². The lowest BCUT2D eigenvalue weighted by Gasteiger charge is -2.09. The molecule has 2 aromatic carbocycles. The molecule has 0 unspecified atom stereocenters. The number of ether oxygens (including phenoxy) is 3. The fourth-order valence-electron chi connectivity index (χ4n) is 2.92. The smallest absolute Gasteiger partial charge is 0.137 e. The van der Waals surface area contributed by atoms with Crippen LogP contribution in [0.25, 0.3) is 10.9 Å². The van der Waals surface area contributed by atoms with Crippen molar-refractivity contribution in [2.75, 3.05) is 13.7 Å². The van der Waals surface area contributed by atoms with Crippen LogP contribution >= 0.6 is 0 Å². The number of H-pyrrole nitrogens is 1. The topological polar surface area (TPSA) is 82.2 Å². The van der Waals surface area contributed by atoms with Crippen molar-refractivity contribution in [3.05, 3.63) is 72.4 Å². The molecule has 29 heavy (non-hydrogen) atoms. The molecule has 0 saturated carbocycles. The number of nitrogens with one attached hydrogen (secondary N) is 1. The summed E-state index contributed by atoms with van der Waals surface area (Å²) in [6.07, 6.45) is 3.19. The highest BCUT2D eigenvalue weighted by molar-refractivity contribution is 5.80. The average Bonchev–Trinajstić information content (AvgIpc) is 3.29. The zero-order chi connectivity index (χ0) is 19.9. The summed E-state index contributed by atoms with van der Waals surface area (Å²) in [6, 6.07) is 17.4. The summed E-state index contributed by atoms with van der Waals surface area (Å²) in [4.78, 5) is 8.73. The predicted molar refractivity (Wildman–Crippen MR) is 109 cm³/mol. The molecule has 4 rings (SSSR count). The minimum absolute atomic E-state index is 0.402. The predicted octanol–water partition coefficient (Wildman–Crippen LogP) is 3.95. The SMILES string of the molecule is COc1ccc2nc(COc3ccc(OCCCc4ncn[nH]4)cc3)ccc2c1. The van der Waals surface area contributed by atoms with Crippen LogP contribution in [0.15, 0.2) is 60.9 Å². The number of aromatic amines is 1. The summed E-state index contributed by atoms with van der Waals surface area (Å²) in [7, 11) is 1.66. The fraction of sp³-hybridized carbons (Fsp3) is 0.227. The summed E-state index contributed by atoms with van der Waals surface area (Å²) in [5, 5.41) is 7.71. The van der Waals surface area contributed by atoms with Crippen LogP contribution in [0, 0.1) is 0 Å². The van der Waals surface area contributed by atoms with Gasteiger partial charge >= 0.3 is 0 Å². The monoisotopic (exact) mass is 390 g/mol. The molecule has 0 aliphatic carbocycles. The zero-order valence-electron chi connectivity index (χ0n) is 16.2. The first-order valence-electron chi connectivity index (χ1n) is 9.44. The Kier molecular flexibility index (Phi) is 5.85. The molecule has 7 heteroatoms. The van der Waals surface area contributed by atoms with Gasteiger partial charge in [0, 0.05) is 11.8 Å². The lowest BCUT2D eigenvalue weighted by Crippen LogP contribution is -2.01. The maximum absolute atomic E-state index is 5.85. The van der Waals surface area contributed by atoms with Crippen molar-refractivity contribution >= 4 is 10.9 Å². The number of pyridine rings is 1. The van der Waals surface area contributed by atoms with Gasteiger partial charge in [0.1, 0.15) is 36.0 Å². The second kappa shape index (κ2) is 9.05. The summed E-state index contributed by atoms with van der Waals surface area (Å²) in [5.74, 6) is 3.28. The van der Waals surface area contributed by atoms with Gasteiger partial charge in [0.2, 0.25) is 0 Å². The first kappa shape index (κ1) is 18.7. The first-order valence-corrected chi connectivity index (χ1v) is 9.44. The molecule has 148 valence electrons. The largest absolute Gasteiger partial charge is 0.497 e. The summed E-state index contributed by atoms with van der Waals surface area (Å²) in [5.41, 5.74) is 1.79. The fourth-order valence-corrected chi connectivity index (χ4v) is 2.92. The number of hydrogen-bond acceptors (Lipinski definition) is 6. The molecule has 2 aromatic heterocycles. The third kappa shape index (κ3) is 5.01. The number of nitrogens with zero attached hydrogens (tertiary/aromatic N) is 3. The van der Waals surface area contributed by atoms with Gasteiger partial charge in [0.25, 0.3) is 0 Å². The van der Waals surface area contributed by atoms with Gasteiger partial charge in [-0.05, 0) is 55.0 Å². The molecule has 0 saturated heterocycles. The van der Waals surface area contributed by atoms with Crippen LogP contribution in [0.4, 0.5) is 0 Å². The number of benzene rings is 2. The van der Waals surface area contributed by atoms with Gasteiger partial charge < -0.3 is 14.2 Å². The molecule has 0 spiro atoms. The van der Waals surface area contributed by atoms with E-state index in [9.17, 15) is 0 Å². The van der Waals surface area contributed by atoms with Crippen LogP contribution in [-0.4, -0.2) is 33.9 Å². The number of fused-ring (bicyclic) bond motifs is 1. The summed E-state index contributed by atoms with van der Waals surface area (Å²) < 4.78 is 16.8. The van der Waals surface area contributed by atoms with Gasteiger partial charge in [-0.25, -0.2) is 9.97 Å². The molecule has 0 amide bonds. The van der Waals surface area contributed by atoms with E-state index in [2.05, 4.69) is 20.2 Å². The molecule has 0 fully saturated rings. The molecule has 1 N–H and O–H groups in total. The van der Waals surface area contributed by atoms with E-state index >= 15 is 0 Å². The van der Waals surface area contributed by atoms with Crippen LogP contribution < -0.4 is 14.2 Å². The van der Waals surface area contributed by atoms with E-state index in [0.29, 0.717) is 13.2 Å². The maximum atomic E-state index is 5.85. The van der Waals surface area contributed by atoms with E-state index in [0.717, 1.165) is 52.5 Å². The van der Waals surface area contributed by atoms with Crippen molar-refractivity contribution in [2.24, 2.45) is 0 Å². The molecule has 0 bridgehead atoms. The molecule has 0 aliphatic heterocycles. The van der Waals surface area contributed by atoms with Gasteiger partial charge in [0.15, 0.2) is 0 Å². The van der Waals surface area contributed by atoms with Crippen LogP contribution in [0.5, 0.6) is 17.2 Å². The highest BCUT2D eigenvalue weighted by Gasteiger charge is 2.03. The standard InChI is InChI=1S/C22H22N4O3/c1-27-20-10-11-21-16(13-20)4-5-17(25-21)14-29-19-8-6-18(7-9-19)28-12-2-3-22-23-15-24-26-22/h4-11,13,15H,2-3,12,14H2,1H3,(H,23,24,26). The Labute approximate surface area is 168 Å². The van der Waals surface area contributed by atoms with Gasteiger partial charge in [-0.1, -0.05) is 6.07 Å². The van der Waals surface area contributed by atoms with E-state index < -0.39 is 0 Å². The molecule has 0 aliphatic rings. The minimum atomic E-state index is 0.402. The second-order valence-electron chi connectivity index (χ2n) is 6.51. The minimum Gasteiger partial charge on any atom is -0.497 e. The Balaban J connectivity index is 1.27. The first-order chi connectivity index (χ1) is 14.3. The molecular formula is C22H22N4O3. The van der Waals surface area contributed by atoms with Crippen molar-refractivity contribution in [1.29, 1.82) is 0 Å². The van der Waals surface area contributed by atoms with Crippen molar-refractivity contribution in [3.63, 3.8) is 0 Å². The van der Waals surface area contributed by atoms with E-state index in [4.69, 9.17) is 14.2 Å². The van der Waals surface area contributed by atoms with Crippen molar-refractivity contribution in [2.45, 2.75) is 19.4 Å². The summed E-state index contributed by atoms with van der Waals surface area (Å²) >= 11 is 0. The molecule has 0 atom stereocenters. The van der Waals surface area contributed by atoms with Crippen LogP contribution in [0.1, 0.15) is 17.9 Å². The van der Waals surface area contributed by atoms with Gasteiger partial charge in [-0.2, -0.15) is 5.10 Å². The quantitative estimate of drug-likeness (QED) is 0.436. The zero-order valence-corrected chi connectivity index (χ0v) is 16.2. The highest BCUT2D eigenvalue weighted by atomic mass is 16.5. The van der Waals surface area contributed by atoms with E-state index in [1.807, 2.05) is 54.6 Å². The number of methoxy groups -OCH3 is 1. The van der Waals surface area contributed by atoms with Crippen molar-refractivity contribution in [3.8, 4) is 17.2 Å². The number of aromatic nitrogens is 4. The number of rotatable bonds is 9. The third-order valence-electron chi connectivity index (χ3n) is 4.46. The van der Waals surface area contributed by atoms with E-state index in [1.54, 1.807) is 7.11 Å². The Bertz CT molecular complexity index is 1050. The Hall–Kier alpha value is -3.61. The normalized spacial score (nSPS) is 10.8. The van der Waals surface area contributed by atoms with E-state index in [1.165, 1.54) is 6.33 Å². The van der Waals surface area contributed by atoms with Crippen molar-refractivity contribution < 1.29 is 14.2 Å². The summed E-state index contributed by atoms with van der Waals surface area (Å²) in [6.45, 7) is 1.02. The Morgan fingerprint density at radius 3 is 2.45 bits per heavy atom. The Morgan fingerprint density at radius 2 is 1.69 bits per heavy atom. The van der Waals surface area contributed by atoms with Gasteiger partial charge in [-0.15, -0.1) is 0 Å². The number of aryl methyl sites for hydroxylation is 1. The molecular weight excluding hydrogens is 368 g/mol. The van der Waals surface area contributed by atoms with Crippen LogP contribution in [0.3, 0.4) is 0 Å². The number of hydrogen-bond donors (Lipinski definition) is 1. The van der Waals surface area contributed by atoms with Gasteiger partial charge in [0.05, 0.1) is 24.9 Å².